The Bertz CT molecular complexity index is 1040. The van der Waals surface area contributed by atoms with Crippen LogP contribution in [-0.4, -0.2) is 39.5 Å². The molecule has 1 saturated heterocycles. The molecule has 1 amide bonds. The van der Waals surface area contributed by atoms with Gasteiger partial charge in [-0.1, -0.05) is 12.1 Å². The Labute approximate surface area is 156 Å². The molecule has 0 bridgehead atoms. The van der Waals surface area contributed by atoms with E-state index in [1.165, 1.54) is 10.9 Å². The first-order chi connectivity index (χ1) is 13.0. The maximum absolute atomic E-state index is 12.6. The van der Waals surface area contributed by atoms with Gasteiger partial charge < -0.3 is 15.1 Å². The second-order valence-electron chi connectivity index (χ2n) is 7.03. The Morgan fingerprint density at radius 1 is 1.26 bits per heavy atom. The summed E-state index contributed by atoms with van der Waals surface area (Å²) in [5.74, 6) is 1.65. The van der Waals surface area contributed by atoms with Gasteiger partial charge in [0.25, 0.3) is 5.56 Å². The average Bonchev–Trinajstić information content (AvgIpc) is 3.26. The van der Waals surface area contributed by atoms with Gasteiger partial charge in [0.1, 0.15) is 11.5 Å². The lowest BCUT2D eigenvalue weighted by molar-refractivity contribution is -0.130. The largest absolute Gasteiger partial charge is 0.466 e. The molecule has 1 aliphatic rings. The molecule has 1 aromatic carbocycles. The highest BCUT2D eigenvalue weighted by Gasteiger charge is 2.35. The van der Waals surface area contributed by atoms with E-state index in [9.17, 15) is 9.59 Å². The Morgan fingerprint density at radius 2 is 2.07 bits per heavy atom. The van der Waals surface area contributed by atoms with Crippen LogP contribution >= 0.6 is 0 Å². The van der Waals surface area contributed by atoms with Crippen LogP contribution in [0.1, 0.15) is 23.9 Å². The van der Waals surface area contributed by atoms with Gasteiger partial charge in [-0.05, 0) is 31.2 Å². The van der Waals surface area contributed by atoms with Crippen molar-refractivity contribution in [3.63, 3.8) is 0 Å². The normalized spacial score (nSPS) is 19.7. The van der Waals surface area contributed by atoms with Gasteiger partial charge in [-0.2, -0.15) is 0 Å². The Hall–Kier alpha value is -2.93. The highest BCUT2D eigenvalue weighted by Crippen LogP contribution is 2.28. The number of para-hydroxylation sites is 1. The molecule has 0 aliphatic carbocycles. The maximum Gasteiger partial charge on any atom is 0.261 e. The van der Waals surface area contributed by atoms with Crippen molar-refractivity contribution in [3.05, 3.63) is 64.6 Å². The van der Waals surface area contributed by atoms with Crippen molar-refractivity contribution in [2.75, 3.05) is 13.1 Å². The Kier molecular flexibility index (Phi) is 4.53. The molecule has 1 aliphatic heterocycles. The fourth-order valence-corrected chi connectivity index (χ4v) is 3.63. The van der Waals surface area contributed by atoms with E-state index in [4.69, 9.17) is 10.2 Å². The van der Waals surface area contributed by atoms with Crippen molar-refractivity contribution >= 4 is 16.8 Å². The van der Waals surface area contributed by atoms with Crippen molar-refractivity contribution in [2.45, 2.75) is 31.8 Å². The predicted octanol–water partition coefficient (Wildman–Crippen LogP) is 1.64. The van der Waals surface area contributed by atoms with E-state index in [-0.39, 0.29) is 29.8 Å². The Morgan fingerprint density at radius 3 is 2.85 bits per heavy atom. The van der Waals surface area contributed by atoms with Crippen LogP contribution in [0.2, 0.25) is 0 Å². The lowest BCUT2D eigenvalue weighted by Crippen LogP contribution is -2.33. The van der Waals surface area contributed by atoms with Crippen molar-refractivity contribution in [2.24, 2.45) is 5.73 Å². The molecule has 7 nitrogen and oxygen atoms in total. The molecule has 2 aromatic heterocycles. The predicted molar refractivity (Wildman–Crippen MR) is 101 cm³/mol. The summed E-state index contributed by atoms with van der Waals surface area (Å²) in [5.41, 5.74) is 6.75. The summed E-state index contributed by atoms with van der Waals surface area (Å²) < 4.78 is 7.17. The number of nitrogens with zero attached hydrogens (tertiary/aromatic N) is 3. The standard InChI is InChI=1S/C20H22N4O3/c1-13-6-7-18(27-13)15-10-24(11-16(15)21)19(25)8-9-23-12-22-17-5-3-2-4-14(17)20(23)26/h2-7,12,15-16H,8-11,21H2,1H3/t15-,16-/m1/s1. The van der Waals surface area contributed by atoms with Crippen LogP contribution in [0.5, 0.6) is 0 Å². The van der Waals surface area contributed by atoms with E-state index in [0.29, 0.717) is 30.5 Å². The fourth-order valence-electron chi connectivity index (χ4n) is 3.63. The third kappa shape index (κ3) is 3.38. The number of fused-ring (bicyclic) bond motifs is 1. The first kappa shape index (κ1) is 17.5. The van der Waals surface area contributed by atoms with Crippen molar-refractivity contribution in [3.8, 4) is 0 Å². The van der Waals surface area contributed by atoms with Crippen LogP contribution in [0.3, 0.4) is 0 Å². The van der Waals surface area contributed by atoms with E-state index in [1.807, 2.05) is 31.2 Å². The van der Waals surface area contributed by atoms with Gasteiger partial charge in [0.15, 0.2) is 0 Å². The third-order valence-electron chi connectivity index (χ3n) is 5.14. The summed E-state index contributed by atoms with van der Waals surface area (Å²) in [6.45, 7) is 3.22. The summed E-state index contributed by atoms with van der Waals surface area (Å²) >= 11 is 0. The van der Waals surface area contributed by atoms with Gasteiger partial charge in [0.2, 0.25) is 5.91 Å². The lowest BCUT2D eigenvalue weighted by Gasteiger charge is -2.16. The zero-order valence-corrected chi connectivity index (χ0v) is 15.2. The van der Waals surface area contributed by atoms with E-state index in [2.05, 4.69) is 4.98 Å². The minimum Gasteiger partial charge on any atom is -0.466 e. The second-order valence-corrected chi connectivity index (χ2v) is 7.03. The minimum atomic E-state index is -0.149. The minimum absolute atomic E-state index is 0.00714. The number of hydrogen-bond acceptors (Lipinski definition) is 5. The molecule has 0 unspecified atom stereocenters. The maximum atomic E-state index is 12.6. The topological polar surface area (TPSA) is 94.4 Å². The average molecular weight is 366 g/mol. The van der Waals surface area contributed by atoms with Gasteiger partial charge in [-0.3, -0.25) is 14.2 Å². The van der Waals surface area contributed by atoms with Gasteiger partial charge >= 0.3 is 0 Å². The van der Waals surface area contributed by atoms with Gasteiger partial charge in [-0.25, -0.2) is 4.98 Å². The molecule has 7 heteroatoms. The molecule has 140 valence electrons. The van der Waals surface area contributed by atoms with Gasteiger partial charge in [0, 0.05) is 32.1 Å². The van der Waals surface area contributed by atoms with Gasteiger partial charge in [-0.15, -0.1) is 0 Å². The number of furan rings is 1. The summed E-state index contributed by atoms with van der Waals surface area (Å²) in [6.07, 6.45) is 1.73. The molecular weight excluding hydrogens is 344 g/mol. The number of rotatable bonds is 4. The van der Waals surface area contributed by atoms with E-state index >= 15 is 0 Å². The highest BCUT2D eigenvalue weighted by atomic mass is 16.3. The van der Waals surface area contributed by atoms with Crippen LogP contribution in [0, 0.1) is 6.92 Å². The number of hydrogen-bond donors (Lipinski definition) is 1. The quantitative estimate of drug-likeness (QED) is 0.757. The van der Waals surface area contributed by atoms with Crippen LogP contribution in [0.4, 0.5) is 0 Å². The molecule has 0 radical (unpaired) electrons. The van der Waals surface area contributed by atoms with Crippen molar-refractivity contribution in [1.82, 2.24) is 14.5 Å². The fraction of sp³-hybridized carbons (Fsp3) is 0.350. The lowest BCUT2D eigenvalue weighted by atomic mass is 10.0. The zero-order valence-electron chi connectivity index (χ0n) is 15.2. The van der Waals surface area contributed by atoms with E-state index < -0.39 is 0 Å². The van der Waals surface area contributed by atoms with Crippen LogP contribution < -0.4 is 11.3 Å². The molecule has 1 fully saturated rings. The Balaban J connectivity index is 1.43. The summed E-state index contributed by atoms with van der Waals surface area (Å²) in [6, 6.07) is 10.9. The summed E-state index contributed by atoms with van der Waals surface area (Å²) in [4.78, 5) is 31.2. The monoisotopic (exact) mass is 366 g/mol. The number of nitrogens with two attached hydrogens (primary N) is 1. The number of carbonyl (C=O) groups is 1. The molecule has 27 heavy (non-hydrogen) atoms. The second kappa shape index (κ2) is 7.00. The molecule has 2 atom stereocenters. The SMILES string of the molecule is Cc1ccc([C@@H]2CN(C(=O)CCn3cnc4ccccc4c3=O)C[C@H]2N)o1. The number of aryl methyl sites for hydroxylation is 2. The van der Waals surface area contributed by atoms with Crippen molar-refractivity contribution in [1.29, 1.82) is 0 Å². The highest BCUT2D eigenvalue weighted by molar-refractivity contribution is 5.78. The van der Waals surface area contributed by atoms with E-state index in [1.54, 1.807) is 17.0 Å². The van der Waals surface area contributed by atoms with Crippen LogP contribution in [0.15, 0.2) is 51.9 Å². The number of amides is 1. The number of carbonyl (C=O) groups excluding carboxylic acids is 1. The third-order valence-corrected chi connectivity index (χ3v) is 5.14. The van der Waals surface area contributed by atoms with Crippen LogP contribution in [0.25, 0.3) is 10.9 Å². The zero-order chi connectivity index (χ0) is 19.0. The molecule has 0 spiro atoms. The van der Waals surface area contributed by atoms with Gasteiger partial charge in [0.05, 0.1) is 23.1 Å². The molecule has 0 saturated carbocycles. The number of benzene rings is 1. The smallest absolute Gasteiger partial charge is 0.261 e. The molecule has 3 aromatic rings. The number of likely N-dealkylation sites (tertiary alicyclic amines) is 1. The van der Waals surface area contributed by atoms with Crippen LogP contribution in [-0.2, 0) is 11.3 Å². The molecule has 2 N–H and O–H groups in total. The van der Waals surface area contributed by atoms with Crippen molar-refractivity contribution < 1.29 is 9.21 Å². The first-order valence-corrected chi connectivity index (χ1v) is 9.07. The molecular formula is C20H22N4O3. The first-order valence-electron chi connectivity index (χ1n) is 9.07. The van der Waals surface area contributed by atoms with E-state index in [0.717, 1.165) is 11.5 Å². The summed E-state index contributed by atoms with van der Waals surface area (Å²) in [5, 5.41) is 0.559. The molecule has 4 rings (SSSR count). The number of aromatic nitrogens is 2. The summed E-state index contributed by atoms with van der Waals surface area (Å²) in [7, 11) is 0. The molecule has 3 heterocycles.